The minimum Gasteiger partial charge on any atom is -0.497 e. The maximum atomic E-state index is 12.2. The van der Waals surface area contributed by atoms with Crippen LogP contribution in [-0.4, -0.2) is 19.6 Å². The number of carbonyl (C=O) groups excluding carboxylic acids is 1. The summed E-state index contributed by atoms with van der Waals surface area (Å²) in [6, 6.07) is 6.05. The van der Waals surface area contributed by atoms with Crippen LogP contribution >= 0.6 is 0 Å². The normalized spacial score (nSPS) is 18.8. The van der Waals surface area contributed by atoms with Gasteiger partial charge in [0.05, 0.1) is 12.8 Å². The lowest BCUT2D eigenvalue weighted by atomic mass is 10.0. The van der Waals surface area contributed by atoms with E-state index in [9.17, 15) is 4.79 Å². The monoisotopic (exact) mass is 231 g/mol. The van der Waals surface area contributed by atoms with Gasteiger partial charge in [-0.25, -0.2) is 0 Å². The van der Waals surface area contributed by atoms with Gasteiger partial charge in [0.2, 0.25) is 5.91 Å². The zero-order valence-electron chi connectivity index (χ0n) is 10.1. The molecule has 0 N–H and O–H groups in total. The first kappa shape index (κ1) is 10.6. The molecule has 90 valence electrons. The van der Waals surface area contributed by atoms with E-state index in [1.54, 1.807) is 7.11 Å². The van der Waals surface area contributed by atoms with Crippen molar-refractivity contribution in [1.82, 2.24) is 0 Å². The molecule has 2 aliphatic rings. The molecule has 1 heterocycles. The topological polar surface area (TPSA) is 29.5 Å². The Morgan fingerprint density at radius 3 is 2.94 bits per heavy atom. The molecule has 1 amide bonds. The number of amides is 1. The molecule has 0 radical (unpaired) electrons. The largest absolute Gasteiger partial charge is 0.497 e. The minimum atomic E-state index is 0.284. The maximum absolute atomic E-state index is 12.2. The fourth-order valence-electron chi connectivity index (χ4n) is 2.46. The van der Waals surface area contributed by atoms with Crippen LogP contribution in [0.1, 0.15) is 24.8 Å². The Bertz CT molecular complexity index is 452. The number of hydrogen-bond acceptors (Lipinski definition) is 2. The molecule has 3 heteroatoms. The Balaban J connectivity index is 1.96. The van der Waals surface area contributed by atoms with Gasteiger partial charge < -0.3 is 9.64 Å². The van der Waals surface area contributed by atoms with Crippen LogP contribution in [0.5, 0.6) is 5.75 Å². The second kappa shape index (κ2) is 4.06. The van der Waals surface area contributed by atoms with Gasteiger partial charge in [0.1, 0.15) is 5.75 Å². The van der Waals surface area contributed by atoms with Crippen molar-refractivity contribution in [3.8, 4) is 5.75 Å². The van der Waals surface area contributed by atoms with Gasteiger partial charge in [0.15, 0.2) is 0 Å². The van der Waals surface area contributed by atoms with E-state index in [-0.39, 0.29) is 5.92 Å². The van der Waals surface area contributed by atoms with Crippen molar-refractivity contribution in [3.05, 3.63) is 23.8 Å². The van der Waals surface area contributed by atoms with Gasteiger partial charge in [-0.15, -0.1) is 0 Å². The SMILES string of the molecule is COc1ccc2c(c1)N(C(=O)C1CC1)CCC2. The van der Waals surface area contributed by atoms with Crippen LogP contribution in [0.2, 0.25) is 0 Å². The Kier molecular flexibility index (Phi) is 2.54. The molecule has 1 aromatic rings. The number of anilines is 1. The molecule has 0 aromatic heterocycles. The van der Waals surface area contributed by atoms with Crippen LogP contribution in [0, 0.1) is 5.92 Å². The van der Waals surface area contributed by atoms with Crippen LogP contribution in [-0.2, 0) is 11.2 Å². The third-order valence-corrected chi connectivity index (χ3v) is 3.60. The van der Waals surface area contributed by atoms with E-state index in [2.05, 4.69) is 6.07 Å². The zero-order chi connectivity index (χ0) is 11.8. The van der Waals surface area contributed by atoms with Crippen molar-refractivity contribution >= 4 is 11.6 Å². The third-order valence-electron chi connectivity index (χ3n) is 3.60. The first-order chi connectivity index (χ1) is 8.29. The number of methoxy groups -OCH3 is 1. The van der Waals surface area contributed by atoms with Gasteiger partial charge in [-0.1, -0.05) is 6.07 Å². The summed E-state index contributed by atoms with van der Waals surface area (Å²) in [6.07, 6.45) is 4.26. The second-order valence-corrected chi connectivity index (χ2v) is 4.86. The number of carbonyl (C=O) groups is 1. The number of rotatable bonds is 2. The van der Waals surface area contributed by atoms with Crippen molar-refractivity contribution in [3.63, 3.8) is 0 Å². The molecule has 1 aromatic carbocycles. The summed E-state index contributed by atoms with van der Waals surface area (Å²) in [4.78, 5) is 14.2. The van der Waals surface area contributed by atoms with E-state index in [4.69, 9.17) is 4.74 Å². The van der Waals surface area contributed by atoms with Crippen molar-refractivity contribution in [1.29, 1.82) is 0 Å². The van der Waals surface area contributed by atoms with Crippen molar-refractivity contribution in [2.75, 3.05) is 18.6 Å². The van der Waals surface area contributed by atoms with E-state index in [0.29, 0.717) is 5.91 Å². The van der Waals surface area contributed by atoms with E-state index in [1.165, 1.54) is 5.56 Å². The number of fused-ring (bicyclic) bond motifs is 1. The predicted octanol–water partition coefficient (Wildman–Crippen LogP) is 2.38. The molecular weight excluding hydrogens is 214 g/mol. The molecule has 1 fully saturated rings. The van der Waals surface area contributed by atoms with Crippen LogP contribution in [0.3, 0.4) is 0 Å². The summed E-state index contributed by atoms with van der Waals surface area (Å²) < 4.78 is 5.25. The molecule has 1 aliphatic heterocycles. The molecular formula is C14H17NO2. The Labute approximate surface area is 101 Å². The molecule has 0 bridgehead atoms. The lowest BCUT2D eigenvalue weighted by Crippen LogP contribution is -2.36. The van der Waals surface area contributed by atoms with Crippen LogP contribution in [0.25, 0.3) is 0 Å². The highest BCUT2D eigenvalue weighted by molar-refractivity contribution is 5.97. The van der Waals surface area contributed by atoms with Gasteiger partial charge in [-0.05, 0) is 37.3 Å². The van der Waals surface area contributed by atoms with E-state index < -0.39 is 0 Å². The fraction of sp³-hybridized carbons (Fsp3) is 0.500. The van der Waals surface area contributed by atoms with Crippen LogP contribution in [0.4, 0.5) is 5.69 Å². The summed E-state index contributed by atoms with van der Waals surface area (Å²) in [5.74, 6) is 1.42. The predicted molar refractivity (Wildman–Crippen MR) is 66.4 cm³/mol. The lowest BCUT2D eigenvalue weighted by molar-refractivity contribution is -0.119. The third kappa shape index (κ3) is 1.90. The molecule has 3 rings (SSSR count). The van der Waals surface area contributed by atoms with E-state index in [0.717, 1.165) is 43.7 Å². The Morgan fingerprint density at radius 2 is 2.24 bits per heavy atom. The minimum absolute atomic E-state index is 0.284. The van der Waals surface area contributed by atoms with Crippen LogP contribution in [0.15, 0.2) is 18.2 Å². The molecule has 0 spiro atoms. The van der Waals surface area contributed by atoms with Crippen LogP contribution < -0.4 is 9.64 Å². The average Bonchev–Trinajstić information content (AvgIpc) is 3.21. The number of ether oxygens (including phenoxy) is 1. The molecule has 17 heavy (non-hydrogen) atoms. The van der Waals surface area contributed by atoms with Gasteiger partial charge in [0, 0.05) is 18.5 Å². The van der Waals surface area contributed by atoms with Crippen molar-refractivity contribution in [2.24, 2.45) is 5.92 Å². The quantitative estimate of drug-likeness (QED) is 0.782. The highest BCUT2D eigenvalue weighted by atomic mass is 16.5. The van der Waals surface area contributed by atoms with Gasteiger partial charge in [0.25, 0.3) is 0 Å². The standard InChI is InChI=1S/C14H17NO2/c1-17-12-7-6-10-3-2-8-15(13(10)9-12)14(16)11-4-5-11/h6-7,9,11H,2-5,8H2,1H3. The highest BCUT2D eigenvalue weighted by Gasteiger charge is 2.35. The molecule has 0 atom stereocenters. The van der Waals surface area contributed by atoms with Crippen molar-refractivity contribution in [2.45, 2.75) is 25.7 Å². The number of nitrogens with zero attached hydrogens (tertiary/aromatic N) is 1. The molecule has 1 aliphatic carbocycles. The first-order valence-electron chi connectivity index (χ1n) is 6.28. The summed E-state index contributed by atoms with van der Waals surface area (Å²) in [5.41, 5.74) is 2.33. The van der Waals surface area contributed by atoms with Gasteiger partial charge in [-0.3, -0.25) is 4.79 Å². The van der Waals surface area contributed by atoms with E-state index in [1.807, 2.05) is 17.0 Å². The smallest absolute Gasteiger partial charge is 0.230 e. The first-order valence-corrected chi connectivity index (χ1v) is 6.28. The fourth-order valence-corrected chi connectivity index (χ4v) is 2.46. The number of hydrogen-bond donors (Lipinski definition) is 0. The second-order valence-electron chi connectivity index (χ2n) is 4.86. The van der Waals surface area contributed by atoms with Crippen molar-refractivity contribution < 1.29 is 9.53 Å². The summed E-state index contributed by atoms with van der Waals surface area (Å²) in [5, 5.41) is 0. The maximum Gasteiger partial charge on any atom is 0.230 e. The van der Waals surface area contributed by atoms with E-state index >= 15 is 0 Å². The average molecular weight is 231 g/mol. The molecule has 1 saturated carbocycles. The van der Waals surface area contributed by atoms with Gasteiger partial charge >= 0.3 is 0 Å². The molecule has 0 unspecified atom stereocenters. The summed E-state index contributed by atoms with van der Waals surface area (Å²) in [6.45, 7) is 0.857. The highest BCUT2D eigenvalue weighted by Crippen LogP contribution is 2.37. The number of aryl methyl sites for hydroxylation is 1. The van der Waals surface area contributed by atoms with Gasteiger partial charge in [-0.2, -0.15) is 0 Å². The zero-order valence-corrected chi connectivity index (χ0v) is 10.1. The molecule has 0 saturated heterocycles. The summed E-state index contributed by atoms with van der Waals surface area (Å²) >= 11 is 0. The Hall–Kier alpha value is -1.51. The Morgan fingerprint density at radius 1 is 1.41 bits per heavy atom. The number of benzene rings is 1. The molecule has 3 nitrogen and oxygen atoms in total. The lowest BCUT2D eigenvalue weighted by Gasteiger charge is -2.30. The summed E-state index contributed by atoms with van der Waals surface area (Å²) in [7, 11) is 1.66.